The third-order valence-corrected chi connectivity index (χ3v) is 3.36. The molecule has 16 heavy (non-hydrogen) atoms. The average molecular weight is 229 g/mol. The highest BCUT2D eigenvalue weighted by atomic mass is 32.1. The first-order valence-electron chi connectivity index (χ1n) is 5.24. The van der Waals surface area contributed by atoms with E-state index in [9.17, 15) is 0 Å². The van der Waals surface area contributed by atoms with Gasteiger partial charge in [-0.3, -0.25) is 5.43 Å². The van der Waals surface area contributed by atoms with Crippen molar-refractivity contribution in [2.45, 2.75) is 12.8 Å². The summed E-state index contributed by atoms with van der Waals surface area (Å²) in [5.74, 6) is 0. The fourth-order valence-electron chi connectivity index (χ4n) is 1.92. The number of nitrogens with one attached hydrogen (secondary N) is 1. The minimum Gasteiger partial charge on any atom is -0.252 e. The maximum absolute atomic E-state index is 4.42. The number of aryl methyl sites for hydroxylation is 1. The molecule has 3 rings (SSSR count). The molecule has 1 aliphatic carbocycles. The summed E-state index contributed by atoms with van der Waals surface area (Å²) in [7, 11) is 0. The number of hydrogen-bond acceptors (Lipinski definition) is 4. The van der Waals surface area contributed by atoms with E-state index in [2.05, 4.69) is 39.8 Å². The van der Waals surface area contributed by atoms with E-state index in [1.807, 2.05) is 5.38 Å². The van der Waals surface area contributed by atoms with Crippen LogP contribution in [0.15, 0.2) is 40.9 Å². The number of nitrogens with zero attached hydrogens (tertiary/aromatic N) is 2. The Morgan fingerprint density at radius 3 is 3.06 bits per heavy atom. The molecule has 2 aromatic rings. The molecule has 3 nitrogen and oxygen atoms in total. The monoisotopic (exact) mass is 229 g/mol. The van der Waals surface area contributed by atoms with E-state index in [1.54, 1.807) is 17.5 Å². The molecule has 1 aromatic carbocycles. The lowest BCUT2D eigenvalue weighted by atomic mass is 10.1. The molecule has 0 spiro atoms. The summed E-state index contributed by atoms with van der Waals surface area (Å²) in [6.45, 7) is 0. The van der Waals surface area contributed by atoms with Crippen LogP contribution in [0.25, 0.3) is 0 Å². The highest BCUT2D eigenvalue weighted by molar-refractivity contribution is 7.13. The van der Waals surface area contributed by atoms with Crippen molar-refractivity contribution in [3.63, 3.8) is 0 Å². The molecule has 0 saturated carbocycles. The Balaban J connectivity index is 1.85. The van der Waals surface area contributed by atoms with E-state index in [0.717, 1.165) is 23.7 Å². The second kappa shape index (κ2) is 4.06. The topological polar surface area (TPSA) is 37.3 Å². The second-order valence-electron chi connectivity index (χ2n) is 3.66. The smallest absolute Gasteiger partial charge is 0.203 e. The third-order valence-electron chi connectivity index (χ3n) is 2.68. The fourth-order valence-corrected chi connectivity index (χ4v) is 2.39. The van der Waals surface area contributed by atoms with Gasteiger partial charge in [0.05, 0.1) is 5.71 Å². The van der Waals surface area contributed by atoms with Crippen LogP contribution in [0.4, 0.5) is 5.13 Å². The van der Waals surface area contributed by atoms with Gasteiger partial charge >= 0.3 is 0 Å². The Labute approximate surface area is 97.9 Å². The van der Waals surface area contributed by atoms with Gasteiger partial charge in [0.25, 0.3) is 0 Å². The van der Waals surface area contributed by atoms with Gasteiger partial charge in [0.1, 0.15) is 0 Å². The van der Waals surface area contributed by atoms with E-state index in [1.165, 1.54) is 11.1 Å². The van der Waals surface area contributed by atoms with Gasteiger partial charge in [0.15, 0.2) is 0 Å². The summed E-state index contributed by atoms with van der Waals surface area (Å²) in [6.07, 6.45) is 3.88. The maximum atomic E-state index is 4.42. The normalized spacial score (nSPS) is 16.4. The van der Waals surface area contributed by atoms with Crippen molar-refractivity contribution in [1.82, 2.24) is 4.98 Å². The molecule has 0 amide bonds. The van der Waals surface area contributed by atoms with Crippen LogP contribution in [0.2, 0.25) is 0 Å². The Morgan fingerprint density at radius 1 is 1.25 bits per heavy atom. The van der Waals surface area contributed by atoms with Crippen molar-refractivity contribution < 1.29 is 0 Å². The number of hydrazone groups is 1. The van der Waals surface area contributed by atoms with Gasteiger partial charge in [0, 0.05) is 17.1 Å². The molecule has 80 valence electrons. The van der Waals surface area contributed by atoms with Gasteiger partial charge in [-0.2, -0.15) is 5.10 Å². The molecule has 1 aliphatic rings. The molecule has 4 heteroatoms. The van der Waals surface area contributed by atoms with Crippen LogP contribution in [-0.4, -0.2) is 10.7 Å². The molecule has 1 aromatic heterocycles. The molecule has 0 radical (unpaired) electrons. The van der Waals surface area contributed by atoms with Crippen molar-refractivity contribution in [1.29, 1.82) is 0 Å². The van der Waals surface area contributed by atoms with Gasteiger partial charge in [-0.15, -0.1) is 11.3 Å². The molecular formula is C12H11N3S. The van der Waals surface area contributed by atoms with Crippen molar-refractivity contribution in [3.05, 3.63) is 47.0 Å². The van der Waals surface area contributed by atoms with Gasteiger partial charge in [0.2, 0.25) is 5.13 Å². The number of benzene rings is 1. The molecule has 0 atom stereocenters. The van der Waals surface area contributed by atoms with Gasteiger partial charge < -0.3 is 0 Å². The SMILES string of the molecule is c1ccc2c(c1)CCC2=NNc1nccs1. The van der Waals surface area contributed by atoms with E-state index in [0.29, 0.717) is 0 Å². The first-order valence-corrected chi connectivity index (χ1v) is 6.12. The second-order valence-corrected chi connectivity index (χ2v) is 4.56. The van der Waals surface area contributed by atoms with Crippen molar-refractivity contribution in [2.24, 2.45) is 5.10 Å². The summed E-state index contributed by atoms with van der Waals surface area (Å²) in [5, 5.41) is 7.20. The average Bonchev–Trinajstić information content (AvgIpc) is 2.96. The standard InChI is InChI=1S/C12H11N3S/c1-2-4-10-9(3-1)5-6-11(10)14-15-12-13-7-8-16-12/h1-4,7-8H,5-6H2,(H,13,15). The predicted molar refractivity (Wildman–Crippen MR) is 67.0 cm³/mol. The minimum absolute atomic E-state index is 0.844. The maximum Gasteiger partial charge on any atom is 0.203 e. The molecular weight excluding hydrogens is 218 g/mol. The number of fused-ring (bicyclic) bond motifs is 1. The first kappa shape index (κ1) is 9.54. The molecule has 0 saturated heterocycles. The summed E-state index contributed by atoms with van der Waals surface area (Å²) in [6, 6.07) is 8.44. The number of hydrogen-bond donors (Lipinski definition) is 1. The summed E-state index contributed by atoms with van der Waals surface area (Å²) in [4.78, 5) is 4.13. The van der Waals surface area contributed by atoms with E-state index < -0.39 is 0 Å². The molecule has 1 heterocycles. The molecule has 0 bridgehead atoms. The minimum atomic E-state index is 0.844. The molecule has 0 aliphatic heterocycles. The zero-order valence-electron chi connectivity index (χ0n) is 8.68. The Kier molecular flexibility index (Phi) is 2.42. The lowest BCUT2D eigenvalue weighted by Crippen LogP contribution is -1.99. The Morgan fingerprint density at radius 2 is 2.19 bits per heavy atom. The van der Waals surface area contributed by atoms with Crippen LogP contribution >= 0.6 is 11.3 Å². The van der Waals surface area contributed by atoms with Crippen molar-refractivity contribution in [2.75, 3.05) is 5.43 Å². The van der Waals surface area contributed by atoms with Crippen LogP contribution < -0.4 is 5.43 Å². The highest BCUT2D eigenvalue weighted by Crippen LogP contribution is 2.22. The van der Waals surface area contributed by atoms with Crippen molar-refractivity contribution in [3.8, 4) is 0 Å². The van der Waals surface area contributed by atoms with Crippen molar-refractivity contribution >= 4 is 22.2 Å². The van der Waals surface area contributed by atoms with Crippen LogP contribution in [0.5, 0.6) is 0 Å². The van der Waals surface area contributed by atoms with Crippen LogP contribution in [0.1, 0.15) is 17.5 Å². The quantitative estimate of drug-likeness (QED) is 0.804. The van der Waals surface area contributed by atoms with E-state index >= 15 is 0 Å². The largest absolute Gasteiger partial charge is 0.252 e. The number of thiazole rings is 1. The molecule has 1 N–H and O–H groups in total. The summed E-state index contributed by atoms with van der Waals surface area (Å²) >= 11 is 1.56. The van der Waals surface area contributed by atoms with E-state index in [4.69, 9.17) is 0 Å². The Bertz CT molecular complexity index is 517. The van der Waals surface area contributed by atoms with E-state index in [-0.39, 0.29) is 0 Å². The zero-order chi connectivity index (χ0) is 10.8. The Hall–Kier alpha value is -1.68. The molecule has 0 unspecified atom stereocenters. The number of anilines is 1. The van der Waals surface area contributed by atoms with Gasteiger partial charge in [-0.05, 0) is 18.4 Å². The van der Waals surface area contributed by atoms with Gasteiger partial charge in [-0.25, -0.2) is 4.98 Å². The summed E-state index contributed by atoms with van der Waals surface area (Å²) < 4.78 is 0. The van der Waals surface area contributed by atoms with Crippen LogP contribution in [0.3, 0.4) is 0 Å². The highest BCUT2D eigenvalue weighted by Gasteiger charge is 2.16. The van der Waals surface area contributed by atoms with Gasteiger partial charge in [-0.1, -0.05) is 24.3 Å². The van der Waals surface area contributed by atoms with Crippen LogP contribution in [-0.2, 0) is 6.42 Å². The number of aromatic nitrogens is 1. The third kappa shape index (κ3) is 1.72. The van der Waals surface area contributed by atoms with Crippen LogP contribution in [0, 0.1) is 0 Å². The zero-order valence-corrected chi connectivity index (χ0v) is 9.50. The lowest BCUT2D eigenvalue weighted by molar-refractivity contribution is 1.09. The lowest BCUT2D eigenvalue weighted by Gasteiger charge is -1.99. The fraction of sp³-hybridized carbons (Fsp3) is 0.167. The summed E-state index contributed by atoms with van der Waals surface area (Å²) in [5.41, 5.74) is 6.79. The molecule has 0 fully saturated rings. The number of rotatable bonds is 2. The predicted octanol–water partition coefficient (Wildman–Crippen LogP) is 2.91. The first-order chi connectivity index (χ1) is 7.93.